The van der Waals surface area contributed by atoms with Crippen LogP contribution in [0.1, 0.15) is 40.5 Å². The van der Waals surface area contributed by atoms with Crippen molar-refractivity contribution in [2.75, 3.05) is 30.9 Å². The predicted molar refractivity (Wildman–Crippen MR) is 118 cm³/mol. The van der Waals surface area contributed by atoms with Crippen LogP contribution in [0.4, 0.5) is 11.4 Å². The van der Waals surface area contributed by atoms with E-state index in [0.29, 0.717) is 30.1 Å². The van der Waals surface area contributed by atoms with Gasteiger partial charge in [-0.2, -0.15) is 0 Å². The molecule has 1 heterocycles. The standard InChI is InChI=1S/C22H24ClN3O5/c1-13(27)25-19-11-20(30-2)16(10-17(19)23)22(29)26-18-8-4-3-7-15(18)21(28)24-12-14-6-5-9-31-14/h3-4,7-8,10-11,14H,5-6,9,12H2,1-2H3,(H,24,28)(H,25,27)(H,26,29)/t14-/m0/s1. The Kier molecular flexibility index (Phi) is 7.49. The van der Waals surface area contributed by atoms with Crippen molar-refractivity contribution in [3.05, 3.63) is 52.5 Å². The number of halogens is 1. The first kappa shape index (κ1) is 22.6. The van der Waals surface area contributed by atoms with Crippen molar-refractivity contribution in [2.45, 2.75) is 25.9 Å². The number of para-hydroxylation sites is 1. The van der Waals surface area contributed by atoms with Crippen LogP contribution in [0.2, 0.25) is 5.02 Å². The summed E-state index contributed by atoms with van der Waals surface area (Å²) in [6, 6.07) is 9.58. The molecule has 164 valence electrons. The predicted octanol–water partition coefficient (Wildman–Crippen LogP) is 3.47. The molecule has 2 aromatic carbocycles. The Morgan fingerprint density at radius 1 is 1.10 bits per heavy atom. The number of ether oxygens (including phenoxy) is 2. The molecule has 0 bridgehead atoms. The molecule has 3 amide bonds. The number of carbonyl (C=O) groups excluding carboxylic acids is 3. The summed E-state index contributed by atoms with van der Waals surface area (Å²) in [7, 11) is 1.41. The molecule has 0 aromatic heterocycles. The lowest BCUT2D eigenvalue weighted by molar-refractivity contribution is -0.114. The number of hydrogen-bond acceptors (Lipinski definition) is 5. The molecule has 0 unspecified atom stereocenters. The largest absolute Gasteiger partial charge is 0.496 e. The van der Waals surface area contributed by atoms with Gasteiger partial charge in [0, 0.05) is 26.1 Å². The second-order valence-corrected chi connectivity index (χ2v) is 7.47. The average molecular weight is 446 g/mol. The lowest BCUT2D eigenvalue weighted by Gasteiger charge is -2.15. The quantitative estimate of drug-likeness (QED) is 0.605. The number of rotatable bonds is 7. The van der Waals surface area contributed by atoms with Crippen molar-refractivity contribution in [3.8, 4) is 5.75 Å². The first-order valence-corrected chi connectivity index (χ1v) is 10.2. The van der Waals surface area contributed by atoms with Gasteiger partial charge in [-0.1, -0.05) is 23.7 Å². The second-order valence-electron chi connectivity index (χ2n) is 7.06. The van der Waals surface area contributed by atoms with Crippen LogP contribution in [0.5, 0.6) is 5.75 Å². The van der Waals surface area contributed by atoms with Gasteiger partial charge in [0.1, 0.15) is 5.75 Å². The highest BCUT2D eigenvalue weighted by atomic mass is 35.5. The van der Waals surface area contributed by atoms with Crippen molar-refractivity contribution < 1.29 is 23.9 Å². The summed E-state index contributed by atoms with van der Waals surface area (Å²) >= 11 is 6.21. The Labute approximate surface area is 185 Å². The normalized spacial score (nSPS) is 15.3. The van der Waals surface area contributed by atoms with E-state index in [1.54, 1.807) is 24.3 Å². The van der Waals surface area contributed by atoms with Gasteiger partial charge in [-0.3, -0.25) is 14.4 Å². The van der Waals surface area contributed by atoms with Gasteiger partial charge in [-0.15, -0.1) is 0 Å². The van der Waals surface area contributed by atoms with Gasteiger partial charge in [0.25, 0.3) is 11.8 Å². The monoisotopic (exact) mass is 445 g/mol. The van der Waals surface area contributed by atoms with Crippen LogP contribution in [0, 0.1) is 0 Å². The van der Waals surface area contributed by atoms with Crippen molar-refractivity contribution in [1.29, 1.82) is 0 Å². The topological polar surface area (TPSA) is 106 Å². The molecule has 0 aliphatic carbocycles. The molecule has 9 heteroatoms. The zero-order valence-corrected chi connectivity index (χ0v) is 18.0. The summed E-state index contributed by atoms with van der Waals surface area (Å²) in [6.07, 6.45) is 1.91. The fraction of sp³-hybridized carbons (Fsp3) is 0.318. The summed E-state index contributed by atoms with van der Waals surface area (Å²) in [4.78, 5) is 36.9. The smallest absolute Gasteiger partial charge is 0.259 e. The Hall–Kier alpha value is -3.10. The molecule has 1 aliphatic rings. The van der Waals surface area contributed by atoms with Gasteiger partial charge in [0.2, 0.25) is 5.91 Å². The van der Waals surface area contributed by atoms with Crippen molar-refractivity contribution in [1.82, 2.24) is 5.32 Å². The molecule has 0 radical (unpaired) electrons. The molecule has 1 fully saturated rings. The van der Waals surface area contributed by atoms with Gasteiger partial charge in [0.05, 0.1) is 40.7 Å². The lowest BCUT2D eigenvalue weighted by Crippen LogP contribution is -2.32. The van der Waals surface area contributed by atoms with Crippen LogP contribution in [0.3, 0.4) is 0 Å². The Balaban J connectivity index is 1.78. The van der Waals surface area contributed by atoms with Crippen LogP contribution in [0.15, 0.2) is 36.4 Å². The van der Waals surface area contributed by atoms with E-state index in [-0.39, 0.29) is 34.3 Å². The van der Waals surface area contributed by atoms with Crippen LogP contribution in [-0.4, -0.2) is 44.1 Å². The number of nitrogens with one attached hydrogen (secondary N) is 3. The summed E-state index contributed by atoms with van der Waals surface area (Å²) < 4.78 is 10.8. The van der Waals surface area contributed by atoms with E-state index in [9.17, 15) is 14.4 Å². The summed E-state index contributed by atoms with van der Waals surface area (Å²) in [5.74, 6) is -0.889. The molecular formula is C22H24ClN3O5. The van der Waals surface area contributed by atoms with Crippen LogP contribution in [0.25, 0.3) is 0 Å². The molecule has 1 aliphatic heterocycles. The van der Waals surface area contributed by atoms with E-state index in [0.717, 1.165) is 12.8 Å². The van der Waals surface area contributed by atoms with E-state index in [2.05, 4.69) is 16.0 Å². The fourth-order valence-electron chi connectivity index (χ4n) is 3.27. The number of carbonyl (C=O) groups is 3. The maximum Gasteiger partial charge on any atom is 0.259 e. The molecule has 0 spiro atoms. The molecule has 1 saturated heterocycles. The molecule has 2 aromatic rings. The first-order chi connectivity index (χ1) is 14.9. The molecule has 3 rings (SSSR count). The zero-order chi connectivity index (χ0) is 22.4. The highest BCUT2D eigenvalue weighted by Gasteiger charge is 2.21. The van der Waals surface area contributed by atoms with Crippen LogP contribution >= 0.6 is 11.6 Å². The van der Waals surface area contributed by atoms with Gasteiger partial charge >= 0.3 is 0 Å². The lowest BCUT2D eigenvalue weighted by atomic mass is 10.1. The van der Waals surface area contributed by atoms with E-state index in [4.69, 9.17) is 21.1 Å². The van der Waals surface area contributed by atoms with Crippen molar-refractivity contribution in [2.24, 2.45) is 0 Å². The highest BCUT2D eigenvalue weighted by molar-refractivity contribution is 6.34. The van der Waals surface area contributed by atoms with Gasteiger partial charge in [0.15, 0.2) is 0 Å². The van der Waals surface area contributed by atoms with Crippen molar-refractivity contribution in [3.63, 3.8) is 0 Å². The number of benzene rings is 2. The minimum absolute atomic E-state index is 0.0132. The second kappa shape index (κ2) is 10.3. The maximum absolute atomic E-state index is 12.9. The van der Waals surface area contributed by atoms with Gasteiger partial charge in [-0.05, 0) is 31.0 Å². The van der Waals surface area contributed by atoms with Crippen LogP contribution in [-0.2, 0) is 9.53 Å². The molecule has 31 heavy (non-hydrogen) atoms. The average Bonchev–Trinajstić information content (AvgIpc) is 3.27. The molecule has 8 nitrogen and oxygen atoms in total. The van der Waals surface area contributed by atoms with Gasteiger partial charge in [-0.25, -0.2) is 0 Å². The maximum atomic E-state index is 12.9. The third-order valence-electron chi connectivity index (χ3n) is 4.78. The van der Waals surface area contributed by atoms with Crippen molar-refractivity contribution >= 4 is 40.7 Å². The van der Waals surface area contributed by atoms with Crippen LogP contribution < -0.4 is 20.7 Å². The van der Waals surface area contributed by atoms with Gasteiger partial charge < -0.3 is 25.4 Å². The Morgan fingerprint density at radius 3 is 2.55 bits per heavy atom. The Bertz CT molecular complexity index is 989. The summed E-state index contributed by atoms with van der Waals surface area (Å²) in [5.41, 5.74) is 1.17. The third-order valence-corrected chi connectivity index (χ3v) is 5.09. The highest BCUT2D eigenvalue weighted by Crippen LogP contribution is 2.32. The number of anilines is 2. The molecule has 0 saturated carbocycles. The molecular weight excluding hydrogens is 422 g/mol. The summed E-state index contributed by atoms with van der Waals surface area (Å²) in [6.45, 7) is 2.47. The fourth-order valence-corrected chi connectivity index (χ4v) is 3.48. The van der Waals surface area contributed by atoms with E-state index >= 15 is 0 Å². The minimum Gasteiger partial charge on any atom is -0.496 e. The number of methoxy groups -OCH3 is 1. The van der Waals surface area contributed by atoms with E-state index < -0.39 is 5.91 Å². The van der Waals surface area contributed by atoms with E-state index in [1.165, 1.54) is 26.2 Å². The summed E-state index contributed by atoms with van der Waals surface area (Å²) in [5, 5.41) is 8.35. The minimum atomic E-state index is -0.507. The SMILES string of the molecule is COc1cc(NC(C)=O)c(Cl)cc1C(=O)Nc1ccccc1C(=O)NC[C@@H]1CCCO1. The number of amides is 3. The Morgan fingerprint density at radius 2 is 1.87 bits per heavy atom. The first-order valence-electron chi connectivity index (χ1n) is 9.84. The third kappa shape index (κ3) is 5.74. The van der Waals surface area contributed by atoms with E-state index in [1.807, 2.05) is 0 Å². The molecule has 3 N–H and O–H groups in total. The molecule has 1 atom stereocenters. The zero-order valence-electron chi connectivity index (χ0n) is 17.3. The number of hydrogen-bond donors (Lipinski definition) is 3.